The molecule has 150 valence electrons. The fourth-order valence-electron chi connectivity index (χ4n) is 3.78. The lowest BCUT2D eigenvalue weighted by Gasteiger charge is -2.33. The van der Waals surface area contributed by atoms with Crippen molar-refractivity contribution in [1.29, 1.82) is 0 Å². The summed E-state index contributed by atoms with van der Waals surface area (Å²) in [6.07, 6.45) is 17.9. The number of nitrogens with zero attached hydrogens (tertiary/aromatic N) is 1. The molecule has 0 aromatic rings. The van der Waals surface area contributed by atoms with Gasteiger partial charge in [-0.3, -0.25) is 0 Å². The predicted molar refractivity (Wildman–Crippen MR) is 110 cm³/mol. The van der Waals surface area contributed by atoms with Crippen molar-refractivity contribution in [3.63, 3.8) is 0 Å². The summed E-state index contributed by atoms with van der Waals surface area (Å²) < 4.78 is 5.73. The van der Waals surface area contributed by atoms with Crippen LogP contribution in [0.5, 0.6) is 0 Å². The van der Waals surface area contributed by atoms with E-state index in [4.69, 9.17) is 4.74 Å². The maximum Gasteiger partial charge on any atom is 0.0590 e. The highest BCUT2D eigenvalue weighted by atomic mass is 16.5. The molecule has 1 atom stereocenters. The SMILES string of the molecule is CCCCCCCCCCCOCCNCCCN1CCCCC1C. The molecule has 1 aliphatic heterocycles. The zero-order valence-electron chi connectivity index (χ0n) is 17.4. The molecule has 0 radical (unpaired) electrons. The summed E-state index contributed by atoms with van der Waals surface area (Å²) in [7, 11) is 0. The number of likely N-dealkylation sites (tertiary alicyclic amines) is 1. The van der Waals surface area contributed by atoms with Crippen molar-refractivity contribution in [2.45, 2.75) is 103 Å². The van der Waals surface area contributed by atoms with Crippen molar-refractivity contribution in [2.75, 3.05) is 39.4 Å². The van der Waals surface area contributed by atoms with E-state index >= 15 is 0 Å². The van der Waals surface area contributed by atoms with E-state index in [1.165, 1.54) is 96.6 Å². The van der Waals surface area contributed by atoms with Gasteiger partial charge in [0.25, 0.3) is 0 Å². The van der Waals surface area contributed by atoms with Crippen LogP contribution in [0.1, 0.15) is 97.3 Å². The molecule has 0 spiro atoms. The van der Waals surface area contributed by atoms with Gasteiger partial charge in [0.05, 0.1) is 6.61 Å². The maximum absolute atomic E-state index is 5.73. The molecule has 0 aromatic carbocycles. The Morgan fingerprint density at radius 3 is 2.28 bits per heavy atom. The minimum atomic E-state index is 0.799. The monoisotopic (exact) mass is 354 g/mol. The van der Waals surface area contributed by atoms with Crippen molar-refractivity contribution >= 4 is 0 Å². The summed E-state index contributed by atoms with van der Waals surface area (Å²) in [6.45, 7) is 11.2. The summed E-state index contributed by atoms with van der Waals surface area (Å²) in [4.78, 5) is 2.66. The maximum atomic E-state index is 5.73. The molecule has 3 nitrogen and oxygen atoms in total. The van der Waals surface area contributed by atoms with Gasteiger partial charge in [0, 0.05) is 19.2 Å². The van der Waals surface area contributed by atoms with E-state index in [1.807, 2.05) is 0 Å². The molecular formula is C22H46N2O. The average Bonchev–Trinajstić information content (AvgIpc) is 2.63. The molecule has 1 aliphatic rings. The molecule has 0 amide bonds. The molecule has 1 fully saturated rings. The second kappa shape index (κ2) is 17.3. The number of hydrogen-bond donors (Lipinski definition) is 1. The molecule has 1 rings (SSSR count). The quantitative estimate of drug-likeness (QED) is 0.355. The third-order valence-electron chi connectivity index (χ3n) is 5.55. The van der Waals surface area contributed by atoms with Gasteiger partial charge in [-0.1, -0.05) is 64.7 Å². The summed E-state index contributed by atoms with van der Waals surface area (Å²) >= 11 is 0. The Labute approximate surface area is 158 Å². The Hall–Kier alpha value is -0.120. The molecule has 1 saturated heterocycles. The first kappa shape index (κ1) is 22.9. The normalized spacial score (nSPS) is 18.7. The number of rotatable bonds is 17. The molecule has 0 bridgehead atoms. The molecule has 25 heavy (non-hydrogen) atoms. The molecule has 0 saturated carbocycles. The van der Waals surface area contributed by atoms with Gasteiger partial charge >= 0.3 is 0 Å². The van der Waals surface area contributed by atoms with Crippen LogP contribution >= 0.6 is 0 Å². The Morgan fingerprint density at radius 2 is 1.56 bits per heavy atom. The summed E-state index contributed by atoms with van der Waals surface area (Å²) in [6, 6.07) is 0.799. The lowest BCUT2D eigenvalue weighted by molar-refractivity contribution is 0.130. The Morgan fingerprint density at radius 1 is 0.840 bits per heavy atom. The third-order valence-corrected chi connectivity index (χ3v) is 5.55. The van der Waals surface area contributed by atoms with Crippen molar-refractivity contribution in [1.82, 2.24) is 10.2 Å². The van der Waals surface area contributed by atoms with Crippen LogP contribution in [0.3, 0.4) is 0 Å². The van der Waals surface area contributed by atoms with E-state index in [0.717, 1.165) is 32.3 Å². The second-order valence-corrected chi connectivity index (χ2v) is 7.93. The van der Waals surface area contributed by atoms with Crippen molar-refractivity contribution in [2.24, 2.45) is 0 Å². The first-order valence-corrected chi connectivity index (χ1v) is 11.4. The van der Waals surface area contributed by atoms with Crippen LogP contribution in [-0.4, -0.2) is 50.3 Å². The summed E-state index contributed by atoms with van der Waals surface area (Å²) in [5, 5.41) is 3.52. The lowest BCUT2D eigenvalue weighted by atomic mass is 10.0. The first-order chi connectivity index (χ1) is 12.3. The van der Waals surface area contributed by atoms with Crippen LogP contribution < -0.4 is 5.32 Å². The average molecular weight is 355 g/mol. The van der Waals surface area contributed by atoms with Crippen LogP contribution in [0.4, 0.5) is 0 Å². The number of unbranched alkanes of at least 4 members (excludes halogenated alkanes) is 8. The minimum Gasteiger partial charge on any atom is -0.380 e. The van der Waals surface area contributed by atoms with E-state index in [2.05, 4.69) is 24.1 Å². The standard InChI is InChI=1S/C22H46N2O/c1-3-4-5-6-7-8-9-10-13-20-25-21-17-23-16-14-19-24-18-12-11-15-22(24)2/h22-23H,3-21H2,1-2H3. The fraction of sp³-hybridized carbons (Fsp3) is 1.00. The van der Waals surface area contributed by atoms with Gasteiger partial charge in [0.15, 0.2) is 0 Å². The van der Waals surface area contributed by atoms with Crippen LogP contribution in [0.25, 0.3) is 0 Å². The second-order valence-electron chi connectivity index (χ2n) is 7.93. The van der Waals surface area contributed by atoms with Gasteiger partial charge in [-0.2, -0.15) is 0 Å². The van der Waals surface area contributed by atoms with Gasteiger partial charge in [0.1, 0.15) is 0 Å². The lowest BCUT2D eigenvalue weighted by Crippen LogP contribution is -2.39. The largest absolute Gasteiger partial charge is 0.380 e. The van der Waals surface area contributed by atoms with Gasteiger partial charge in [-0.05, 0) is 52.2 Å². The molecule has 3 heteroatoms. The fourth-order valence-corrected chi connectivity index (χ4v) is 3.78. The van der Waals surface area contributed by atoms with E-state index in [9.17, 15) is 0 Å². The highest BCUT2D eigenvalue weighted by molar-refractivity contribution is 4.72. The zero-order valence-corrected chi connectivity index (χ0v) is 17.4. The van der Waals surface area contributed by atoms with E-state index in [-0.39, 0.29) is 0 Å². The molecule has 1 N–H and O–H groups in total. The molecule has 1 unspecified atom stereocenters. The van der Waals surface area contributed by atoms with Crippen molar-refractivity contribution in [3.05, 3.63) is 0 Å². The first-order valence-electron chi connectivity index (χ1n) is 11.4. The third kappa shape index (κ3) is 13.7. The zero-order chi connectivity index (χ0) is 18.0. The van der Waals surface area contributed by atoms with Gasteiger partial charge < -0.3 is 15.0 Å². The highest BCUT2D eigenvalue weighted by Gasteiger charge is 2.16. The van der Waals surface area contributed by atoms with Crippen molar-refractivity contribution < 1.29 is 4.74 Å². The molecule has 0 aliphatic carbocycles. The van der Waals surface area contributed by atoms with Gasteiger partial charge in [-0.15, -0.1) is 0 Å². The number of piperidine rings is 1. The van der Waals surface area contributed by atoms with E-state index in [1.54, 1.807) is 0 Å². The van der Waals surface area contributed by atoms with Crippen LogP contribution in [0.15, 0.2) is 0 Å². The predicted octanol–water partition coefficient (Wildman–Crippen LogP) is 5.39. The topological polar surface area (TPSA) is 24.5 Å². The van der Waals surface area contributed by atoms with Crippen molar-refractivity contribution in [3.8, 4) is 0 Å². The van der Waals surface area contributed by atoms with Gasteiger partial charge in [0.2, 0.25) is 0 Å². The Bertz CT molecular complexity index is 273. The van der Waals surface area contributed by atoms with E-state index in [0.29, 0.717) is 0 Å². The van der Waals surface area contributed by atoms with Crippen LogP contribution in [-0.2, 0) is 4.74 Å². The van der Waals surface area contributed by atoms with Crippen LogP contribution in [0, 0.1) is 0 Å². The van der Waals surface area contributed by atoms with Crippen LogP contribution in [0.2, 0.25) is 0 Å². The highest BCUT2D eigenvalue weighted by Crippen LogP contribution is 2.16. The minimum absolute atomic E-state index is 0.799. The molecule has 1 heterocycles. The Balaban J connectivity index is 1.70. The number of nitrogens with one attached hydrogen (secondary N) is 1. The Kier molecular flexibility index (Phi) is 15.9. The summed E-state index contributed by atoms with van der Waals surface area (Å²) in [5.74, 6) is 0. The molecule has 0 aromatic heterocycles. The smallest absolute Gasteiger partial charge is 0.0590 e. The summed E-state index contributed by atoms with van der Waals surface area (Å²) in [5.41, 5.74) is 0. The van der Waals surface area contributed by atoms with E-state index < -0.39 is 0 Å². The number of ether oxygens (including phenoxy) is 1. The van der Waals surface area contributed by atoms with Gasteiger partial charge in [-0.25, -0.2) is 0 Å². The molecular weight excluding hydrogens is 308 g/mol. The number of hydrogen-bond acceptors (Lipinski definition) is 3.